The van der Waals surface area contributed by atoms with E-state index in [0.717, 1.165) is 51.1 Å². The molecule has 1 atom stereocenters. The van der Waals surface area contributed by atoms with Gasteiger partial charge in [0.15, 0.2) is 0 Å². The van der Waals surface area contributed by atoms with Crippen LogP contribution in [0, 0.1) is 20.8 Å². The summed E-state index contributed by atoms with van der Waals surface area (Å²) in [4.78, 5) is 23.1. The third-order valence-electron chi connectivity index (χ3n) is 5.72. The first-order chi connectivity index (χ1) is 13.8. The number of imidazole rings is 1. The lowest BCUT2D eigenvalue weighted by molar-refractivity contribution is 0.0875. The fourth-order valence-corrected chi connectivity index (χ4v) is 4.23. The number of carbonyl (C=O) groups excluding carboxylic acids is 1. The summed E-state index contributed by atoms with van der Waals surface area (Å²) in [6.45, 7) is 14.2. The van der Waals surface area contributed by atoms with Crippen molar-refractivity contribution >= 4 is 32.9 Å². The zero-order valence-corrected chi connectivity index (χ0v) is 19.6. The van der Waals surface area contributed by atoms with E-state index in [4.69, 9.17) is 4.98 Å². The number of aromatic nitrogens is 2. The molecule has 5 nitrogen and oxygen atoms in total. The molecule has 0 aliphatic carbocycles. The van der Waals surface area contributed by atoms with Gasteiger partial charge in [-0.25, -0.2) is 4.98 Å². The number of H-pyrrole nitrogens is 1. The molecule has 0 fully saturated rings. The lowest BCUT2D eigenvalue weighted by Gasteiger charge is -2.27. The highest BCUT2D eigenvalue weighted by Gasteiger charge is 2.17. The van der Waals surface area contributed by atoms with Crippen molar-refractivity contribution in [1.82, 2.24) is 20.2 Å². The van der Waals surface area contributed by atoms with Crippen LogP contribution in [0.4, 0.5) is 0 Å². The number of rotatable bonds is 6. The molecule has 0 bridgehead atoms. The smallest absolute Gasteiger partial charge is 0.252 e. The van der Waals surface area contributed by atoms with E-state index in [0.29, 0.717) is 5.56 Å². The van der Waals surface area contributed by atoms with Crippen molar-refractivity contribution in [2.75, 3.05) is 13.1 Å². The molecular weight excluding hydrogens is 428 g/mol. The highest BCUT2D eigenvalue weighted by molar-refractivity contribution is 9.10. The molecule has 2 aromatic carbocycles. The second kappa shape index (κ2) is 8.67. The predicted molar refractivity (Wildman–Crippen MR) is 123 cm³/mol. The van der Waals surface area contributed by atoms with Crippen LogP contribution < -0.4 is 5.32 Å². The van der Waals surface area contributed by atoms with Crippen molar-refractivity contribution in [3.8, 4) is 11.4 Å². The minimum absolute atomic E-state index is 0.00230. The van der Waals surface area contributed by atoms with Gasteiger partial charge in [0, 0.05) is 15.6 Å². The molecule has 1 unspecified atom stereocenters. The maximum absolute atomic E-state index is 12.7. The highest BCUT2D eigenvalue weighted by Crippen LogP contribution is 2.30. The zero-order chi connectivity index (χ0) is 21.3. The van der Waals surface area contributed by atoms with Crippen molar-refractivity contribution in [3.63, 3.8) is 0 Å². The van der Waals surface area contributed by atoms with Gasteiger partial charge in [-0.15, -0.1) is 0 Å². The molecule has 3 rings (SSSR count). The Morgan fingerprint density at radius 1 is 1.17 bits per heavy atom. The molecular formula is C23H29BrN4O. The number of nitrogens with zero attached hydrogens (tertiary/aromatic N) is 2. The topological polar surface area (TPSA) is 61.0 Å². The predicted octanol–water partition coefficient (Wildman–Crippen LogP) is 5.34. The van der Waals surface area contributed by atoms with E-state index in [9.17, 15) is 4.79 Å². The molecule has 0 spiro atoms. The first kappa shape index (κ1) is 21.5. The van der Waals surface area contributed by atoms with E-state index >= 15 is 0 Å². The normalized spacial score (nSPS) is 12.6. The minimum atomic E-state index is -0.0564. The van der Waals surface area contributed by atoms with Crippen molar-refractivity contribution < 1.29 is 4.79 Å². The first-order valence-electron chi connectivity index (χ1n) is 10.1. The Morgan fingerprint density at radius 2 is 1.86 bits per heavy atom. The maximum Gasteiger partial charge on any atom is 0.252 e. The van der Waals surface area contributed by atoms with Crippen LogP contribution in [0.25, 0.3) is 22.4 Å². The molecule has 0 saturated heterocycles. The molecule has 154 valence electrons. The second-order valence-corrected chi connectivity index (χ2v) is 8.34. The number of fused-ring (bicyclic) bond motifs is 1. The summed E-state index contributed by atoms with van der Waals surface area (Å²) in [7, 11) is 0. The summed E-state index contributed by atoms with van der Waals surface area (Å²) in [5.41, 5.74) is 7.02. The van der Waals surface area contributed by atoms with E-state index in [2.05, 4.69) is 64.9 Å². The fraction of sp³-hybridized carbons (Fsp3) is 0.391. The number of halogens is 1. The standard InChI is InChI=1S/C23H29BrN4O/c1-7-28(8-2)16(6)25-23(29)17-9-10-18(13(3)11-17)22-26-20-12-19(24)14(4)15(5)21(20)27-22/h9-12,16H,7-8H2,1-6H3,(H,25,29)(H,26,27). The van der Waals surface area contributed by atoms with Gasteiger partial charge in [-0.05, 0) is 75.7 Å². The van der Waals surface area contributed by atoms with Gasteiger partial charge in [-0.3, -0.25) is 9.69 Å². The lowest BCUT2D eigenvalue weighted by Crippen LogP contribution is -2.46. The number of amides is 1. The third-order valence-corrected chi connectivity index (χ3v) is 6.55. The summed E-state index contributed by atoms with van der Waals surface area (Å²) < 4.78 is 1.07. The molecule has 0 radical (unpaired) electrons. The van der Waals surface area contributed by atoms with Gasteiger partial charge >= 0.3 is 0 Å². The highest BCUT2D eigenvalue weighted by atomic mass is 79.9. The van der Waals surface area contributed by atoms with E-state index in [1.165, 1.54) is 5.56 Å². The van der Waals surface area contributed by atoms with E-state index in [1.807, 2.05) is 32.0 Å². The largest absolute Gasteiger partial charge is 0.338 e. The Kier molecular flexibility index (Phi) is 6.44. The minimum Gasteiger partial charge on any atom is -0.338 e. The van der Waals surface area contributed by atoms with Gasteiger partial charge in [0.05, 0.1) is 17.2 Å². The van der Waals surface area contributed by atoms with E-state index in [-0.39, 0.29) is 12.1 Å². The van der Waals surface area contributed by atoms with Crippen LogP contribution >= 0.6 is 15.9 Å². The van der Waals surface area contributed by atoms with Crippen molar-refractivity contribution in [1.29, 1.82) is 0 Å². The second-order valence-electron chi connectivity index (χ2n) is 7.49. The van der Waals surface area contributed by atoms with Crippen molar-refractivity contribution in [2.45, 2.75) is 47.7 Å². The summed E-state index contributed by atoms with van der Waals surface area (Å²) >= 11 is 3.62. The molecule has 0 aliphatic rings. The Labute approximate surface area is 181 Å². The Bertz CT molecular complexity index is 1050. The monoisotopic (exact) mass is 456 g/mol. The number of benzene rings is 2. The summed E-state index contributed by atoms with van der Waals surface area (Å²) in [5, 5.41) is 3.08. The third kappa shape index (κ3) is 4.23. The van der Waals surface area contributed by atoms with Crippen LogP contribution in [0.2, 0.25) is 0 Å². The molecule has 1 amide bonds. The van der Waals surface area contributed by atoms with E-state index < -0.39 is 0 Å². The van der Waals surface area contributed by atoms with Gasteiger partial charge in [-0.2, -0.15) is 0 Å². The van der Waals surface area contributed by atoms with Crippen LogP contribution in [0.15, 0.2) is 28.7 Å². The molecule has 6 heteroatoms. The van der Waals surface area contributed by atoms with Gasteiger partial charge in [0.1, 0.15) is 5.82 Å². The van der Waals surface area contributed by atoms with Crippen LogP contribution in [0.5, 0.6) is 0 Å². The van der Waals surface area contributed by atoms with Crippen molar-refractivity contribution in [2.24, 2.45) is 0 Å². The van der Waals surface area contributed by atoms with Crippen LogP contribution in [-0.4, -0.2) is 40.0 Å². The summed E-state index contributed by atoms with van der Waals surface area (Å²) in [5.74, 6) is 0.764. The molecule has 0 saturated carbocycles. The van der Waals surface area contributed by atoms with Gasteiger partial charge in [-0.1, -0.05) is 35.8 Å². The molecule has 2 N–H and O–H groups in total. The zero-order valence-electron chi connectivity index (χ0n) is 18.0. The molecule has 29 heavy (non-hydrogen) atoms. The van der Waals surface area contributed by atoms with Crippen LogP contribution in [0.3, 0.4) is 0 Å². The maximum atomic E-state index is 12.7. The number of nitrogens with one attached hydrogen (secondary N) is 2. The Morgan fingerprint density at radius 3 is 2.48 bits per heavy atom. The van der Waals surface area contributed by atoms with Crippen molar-refractivity contribution in [3.05, 3.63) is 51.0 Å². The average Bonchev–Trinajstić information content (AvgIpc) is 3.10. The SMILES string of the molecule is CCN(CC)C(C)NC(=O)c1ccc(-c2nc3c(C)c(C)c(Br)cc3[nH]2)c(C)c1. The van der Waals surface area contributed by atoms with Crippen LogP contribution in [-0.2, 0) is 0 Å². The summed E-state index contributed by atoms with van der Waals surface area (Å²) in [6.07, 6.45) is -0.00230. The van der Waals surface area contributed by atoms with Gasteiger partial charge < -0.3 is 10.3 Å². The quantitative estimate of drug-likeness (QED) is 0.492. The molecule has 0 aliphatic heterocycles. The number of hydrogen-bond donors (Lipinski definition) is 2. The Hall–Kier alpha value is -2.18. The average molecular weight is 457 g/mol. The lowest BCUT2D eigenvalue weighted by atomic mass is 10.0. The molecule has 1 heterocycles. The molecule has 1 aromatic heterocycles. The summed E-state index contributed by atoms with van der Waals surface area (Å²) in [6, 6.07) is 7.84. The first-order valence-corrected chi connectivity index (χ1v) is 10.9. The number of aromatic amines is 1. The number of hydrogen-bond acceptors (Lipinski definition) is 3. The van der Waals surface area contributed by atoms with E-state index in [1.54, 1.807) is 0 Å². The number of carbonyl (C=O) groups is 1. The van der Waals surface area contributed by atoms with Gasteiger partial charge in [0.25, 0.3) is 5.91 Å². The van der Waals surface area contributed by atoms with Gasteiger partial charge in [0.2, 0.25) is 0 Å². The van der Waals surface area contributed by atoms with Crippen LogP contribution in [0.1, 0.15) is 47.8 Å². The molecule has 3 aromatic rings. The number of aryl methyl sites for hydroxylation is 2. The Balaban J connectivity index is 1.89. The fourth-order valence-electron chi connectivity index (χ4n) is 3.70.